The van der Waals surface area contributed by atoms with Crippen molar-refractivity contribution in [3.8, 4) is 0 Å². The van der Waals surface area contributed by atoms with Gasteiger partial charge in [0.2, 0.25) is 5.91 Å². The van der Waals surface area contributed by atoms with Gasteiger partial charge in [0, 0.05) is 24.5 Å². The van der Waals surface area contributed by atoms with E-state index in [1.54, 1.807) is 30.0 Å². The Balaban J connectivity index is 2.45. The number of thioether (sulfide) groups is 1. The standard InChI is InChI=1S/C11H14Cl2N2OS/c12-8-2-1-3-9(13)11(8)15-10(16)4-6-17-7-5-14/h1-3H,4-7,14H2,(H,15,16). The van der Waals surface area contributed by atoms with Gasteiger partial charge in [-0.25, -0.2) is 0 Å². The van der Waals surface area contributed by atoms with Crippen molar-refractivity contribution in [3.63, 3.8) is 0 Å². The Morgan fingerprint density at radius 3 is 2.53 bits per heavy atom. The summed E-state index contributed by atoms with van der Waals surface area (Å²) in [6.07, 6.45) is 0.423. The molecule has 0 aromatic heterocycles. The molecule has 1 aromatic carbocycles. The molecular weight excluding hydrogens is 279 g/mol. The summed E-state index contributed by atoms with van der Waals surface area (Å²) in [5.41, 5.74) is 5.83. The van der Waals surface area contributed by atoms with Crippen molar-refractivity contribution in [2.45, 2.75) is 6.42 Å². The number of hydrogen-bond acceptors (Lipinski definition) is 3. The Hall–Kier alpha value is -0.420. The summed E-state index contributed by atoms with van der Waals surface area (Å²) in [6, 6.07) is 5.11. The van der Waals surface area contributed by atoms with Crippen LogP contribution in [0.1, 0.15) is 6.42 Å². The van der Waals surface area contributed by atoms with E-state index in [0.717, 1.165) is 11.5 Å². The van der Waals surface area contributed by atoms with Crippen molar-refractivity contribution in [2.75, 3.05) is 23.4 Å². The maximum absolute atomic E-state index is 11.6. The molecule has 0 radical (unpaired) electrons. The summed E-state index contributed by atoms with van der Waals surface area (Å²) < 4.78 is 0. The van der Waals surface area contributed by atoms with E-state index in [1.165, 1.54) is 0 Å². The third-order valence-corrected chi connectivity index (χ3v) is 3.61. The lowest BCUT2D eigenvalue weighted by Gasteiger charge is -2.08. The zero-order valence-electron chi connectivity index (χ0n) is 9.21. The first kappa shape index (κ1) is 14.6. The molecule has 0 saturated heterocycles. The first-order chi connectivity index (χ1) is 8.15. The minimum absolute atomic E-state index is 0.0930. The van der Waals surface area contributed by atoms with Gasteiger partial charge in [-0.15, -0.1) is 0 Å². The Labute approximate surface area is 115 Å². The van der Waals surface area contributed by atoms with Crippen molar-refractivity contribution < 1.29 is 4.79 Å². The monoisotopic (exact) mass is 292 g/mol. The zero-order chi connectivity index (χ0) is 12.7. The van der Waals surface area contributed by atoms with Gasteiger partial charge in [-0.1, -0.05) is 29.3 Å². The third-order valence-electron chi connectivity index (χ3n) is 1.96. The predicted molar refractivity (Wildman–Crippen MR) is 76.1 cm³/mol. The largest absolute Gasteiger partial charge is 0.330 e. The van der Waals surface area contributed by atoms with Gasteiger partial charge in [0.05, 0.1) is 15.7 Å². The number of hydrogen-bond donors (Lipinski definition) is 2. The van der Waals surface area contributed by atoms with Crippen molar-refractivity contribution in [1.29, 1.82) is 0 Å². The fourth-order valence-electron chi connectivity index (χ4n) is 1.17. The number of amides is 1. The number of nitrogens with one attached hydrogen (secondary N) is 1. The molecule has 0 unspecified atom stereocenters. The van der Waals surface area contributed by atoms with Crippen LogP contribution in [0.4, 0.5) is 5.69 Å². The fourth-order valence-corrected chi connectivity index (χ4v) is 2.36. The van der Waals surface area contributed by atoms with Crippen molar-refractivity contribution in [3.05, 3.63) is 28.2 Å². The van der Waals surface area contributed by atoms with E-state index in [2.05, 4.69) is 5.32 Å². The zero-order valence-corrected chi connectivity index (χ0v) is 11.5. The lowest BCUT2D eigenvalue weighted by molar-refractivity contribution is -0.115. The molecule has 0 saturated carbocycles. The molecule has 0 spiro atoms. The van der Waals surface area contributed by atoms with Crippen LogP contribution in [-0.4, -0.2) is 24.0 Å². The van der Waals surface area contributed by atoms with Crippen LogP contribution in [0.15, 0.2) is 18.2 Å². The SMILES string of the molecule is NCCSCCC(=O)Nc1c(Cl)cccc1Cl. The van der Waals surface area contributed by atoms with Crippen molar-refractivity contribution >= 4 is 46.6 Å². The minimum Gasteiger partial charge on any atom is -0.330 e. The lowest BCUT2D eigenvalue weighted by atomic mass is 10.3. The first-order valence-corrected chi connectivity index (χ1v) is 7.08. The molecule has 3 nitrogen and oxygen atoms in total. The highest BCUT2D eigenvalue weighted by Gasteiger charge is 2.08. The average molecular weight is 293 g/mol. The molecule has 94 valence electrons. The quantitative estimate of drug-likeness (QED) is 0.793. The smallest absolute Gasteiger partial charge is 0.225 e. The van der Waals surface area contributed by atoms with E-state index in [9.17, 15) is 4.79 Å². The molecule has 6 heteroatoms. The summed E-state index contributed by atoms with van der Waals surface area (Å²) in [5, 5.41) is 3.60. The van der Waals surface area contributed by atoms with Gasteiger partial charge in [0.15, 0.2) is 0 Å². The van der Waals surface area contributed by atoms with Gasteiger partial charge in [-0.3, -0.25) is 4.79 Å². The molecule has 1 amide bonds. The topological polar surface area (TPSA) is 55.1 Å². The maximum atomic E-state index is 11.6. The molecule has 0 aliphatic heterocycles. The number of carbonyl (C=O) groups is 1. The highest BCUT2D eigenvalue weighted by Crippen LogP contribution is 2.29. The van der Waals surface area contributed by atoms with E-state index in [4.69, 9.17) is 28.9 Å². The highest BCUT2D eigenvalue weighted by molar-refractivity contribution is 7.99. The Kier molecular flexibility index (Phi) is 6.73. The van der Waals surface area contributed by atoms with Gasteiger partial charge in [-0.05, 0) is 12.1 Å². The molecule has 1 aromatic rings. The Morgan fingerprint density at radius 1 is 1.29 bits per heavy atom. The lowest BCUT2D eigenvalue weighted by Crippen LogP contribution is -2.13. The molecular formula is C11H14Cl2N2OS. The molecule has 0 aliphatic carbocycles. The fraction of sp³-hybridized carbons (Fsp3) is 0.364. The van der Waals surface area contributed by atoms with Gasteiger partial charge >= 0.3 is 0 Å². The van der Waals surface area contributed by atoms with Crippen molar-refractivity contribution in [1.82, 2.24) is 0 Å². The van der Waals surface area contributed by atoms with Crippen LogP contribution < -0.4 is 11.1 Å². The normalized spacial score (nSPS) is 10.3. The van der Waals surface area contributed by atoms with E-state index in [-0.39, 0.29) is 5.91 Å². The number of nitrogens with two attached hydrogens (primary N) is 1. The summed E-state index contributed by atoms with van der Waals surface area (Å²) >= 11 is 13.5. The van der Waals surface area contributed by atoms with Crippen LogP contribution in [0.3, 0.4) is 0 Å². The maximum Gasteiger partial charge on any atom is 0.225 e. The number of rotatable bonds is 6. The molecule has 1 rings (SSSR count). The van der Waals surface area contributed by atoms with E-state index >= 15 is 0 Å². The van der Waals surface area contributed by atoms with Gasteiger partial charge in [0.1, 0.15) is 0 Å². The van der Waals surface area contributed by atoms with Crippen LogP contribution in [-0.2, 0) is 4.79 Å². The van der Waals surface area contributed by atoms with Crippen LogP contribution in [0.25, 0.3) is 0 Å². The van der Waals surface area contributed by atoms with Crippen LogP contribution in [0, 0.1) is 0 Å². The molecule has 0 heterocycles. The number of anilines is 1. The van der Waals surface area contributed by atoms with Gasteiger partial charge in [-0.2, -0.15) is 11.8 Å². The number of halogens is 2. The molecule has 0 bridgehead atoms. The highest BCUT2D eigenvalue weighted by atomic mass is 35.5. The second-order valence-corrected chi connectivity index (χ2v) is 5.34. The Morgan fingerprint density at radius 2 is 1.94 bits per heavy atom. The molecule has 3 N–H and O–H groups in total. The third kappa shape index (κ3) is 5.17. The number of benzene rings is 1. The van der Waals surface area contributed by atoms with E-state index < -0.39 is 0 Å². The minimum atomic E-state index is -0.0930. The van der Waals surface area contributed by atoms with Crippen LogP contribution in [0.2, 0.25) is 10.0 Å². The van der Waals surface area contributed by atoms with Gasteiger partial charge in [0.25, 0.3) is 0 Å². The molecule has 0 aliphatic rings. The Bertz CT molecular complexity index is 367. The van der Waals surface area contributed by atoms with E-state index in [0.29, 0.717) is 28.7 Å². The first-order valence-electron chi connectivity index (χ1n) is 5.17. The molecule has 17 heavy (non-hydrogen) atoms. The second kappa shape index (κ2) is 7.82. The molecule has 0 fully saturated rings. The van der Waals surface area contributed by atoms with Gasteiger partial charge < -0.3 is 11.1 Å². The number of carbonyl (C=O) groups excluding carboxylic acids is 1. The van der Waals surface area contributed by atoms with Crippen LogP contribution >= 0.6 is 35.0 Å². The summed E-state index contributed by atoms with van der Waals surface area (Å²) in [7, 11) is 0. The van der Waals surface area contributed by atoms with Crippen molar-refractivity contribution in [2.24, 2.45) is 5.73 Å². The number of para-hydroxylation sites is 1. The predicted octanol–water partition coefficient (Wildman–Crippen LogP) is 3.01. The second-order valence-electron chi connectivity index (χ2n) is 3.30. The average Bonchev–Trinajstić information content (AvgIpc) is 2.30. The van der Waals surface area contributed by atoms with E-state index in [1.807, 2.05) is 0 Å². The summed E-state index contributed by atoms with van der Waals surface area (Å²) in [6.45, 7) is 0.628. The van der Waals surface area contributed by atoms with Crippen LogP contribution in [0.5, 0.6) is 0 Å². The summed E-state index contributed by atoms with van der Waals surface area (Å²) in [5.74, 6) is 1.51. The summed E-state index contributed by atoms with van der Waals surface area (Å²) in [4.78, 5) is 11.6. The molecule has 0 atom stereocenters.